The summed E-state index contributed by atoms with van der Waals surface area (Å²) in [5, 5.41) is 15.0. The lowest BCUT2D eigenvalue weighted by Gasteiger charge is -2.29. The lowest BCUT2D eigenvalue weighted by Crippen LogP contribution is -2.31. The summed E-state index contributed by atoms with van der Waals surface area (Å²) in [7, 11) is 2.17. The van der Waals surface area contributed by atoms with E-state index in [0.717, 1.165) is 48.1 Å². The van der Waals surface area contributed by atoms with E-state index < -0.39 is 0 Å². The highest BCUT2D eigenvalue weighted by Crippen LogP contribution is 2.32. The van der Waals surface area contributed by atoms with Gasteiger partial charge in [-0.05, 0) is 51.2 Å². The van der Waals surface area contributed by atoms with Gasteiger partial charge >= 0.3 is 0 Å². The third-order valence-corrected chi connectivity index (χ3v) is 4.83. The Hall–Kier alpha value is -2.71. The molecule has 120 valence electrons. The van der Waals surface area contributed by atoms with E-state index in [4.69, 9.17) is 10.4 Å². The molecule has 1 aliphatic heterocycles. The highest BCUT2D eigenvalue weighted by Gasteiger charge is 2.22. The number of likely N-dealkylation sites (tertiary alicyclic amines) is 1. The molecule has 0 aliphatic carbocycles. The molecule has 0 atom stereocenters. The van der Waals surface area contributed by atoms with Gasteiger partial charge in [-0.2, -0.15) is 10.4 Å². The number of piperidine rings is 1. The molecule has 0 unspecified atom stereocenters. The smallest absolute Gasteiger partial charge is 0.102 e. The molecule has 0 radical (unpaired) electrons. The second-order valence-electron chi connectivity index (χ2n) is 6.41. The quantitative estimate of drug-likeness (QED) is 0.728. The Bertz CT molecular complexity index is 896. The van der Waals surface area contributed by atoms with Gasteiger partial charge in [0.1, 0.15) is 5.69 Å². The summed E-state index contributed by atoms with van der Waals surface area (Å²) < 4.78 is 2.18. The third-order valence-electron chi connectivity index (χ3n) is 4.83. The average molecular weight is 317 g/mol. The topological polar surface area (TPSA) is 57.7 Å². The van der Waals surface area contributed by atoms with Gasteiger partial charge < -0.3 is 4.90 Å². The summed E-state index contributed by atoms with van der Waals surface area (Å²) in [6.07, 6.45) is 5.95. The first-order chi connectivity index (χ1) is 11.8. The first kappa shape index (κ1) is 14.9. The summed E-state index contributed by atoms with van der Waals surface area (Å²) in [5.41, 5.74) is 3.77. The van der Waals surface area contributed by atoms with E-state index in [1.807, 2.05) is 42.7 Å². The first-order valence-corrected chi connectivity index (χ1v) is 8.27. The lowest BCUT2D eigenvalue weighted by atomic mass is 10.1. The van der Waals surface area contributed by atoms with Crippen LogP contribution in [0.3, 0.4) is 0 Å². The van der Waals surface area contributed by atoms with Crippen molar-refractivity contribution in [3.63, 3.8) is 0 Å². The summed E-state index contributed by atoms with van der Waals surface area (Å²) in [6.45, 7) is 2.20. The van der Waals surface area contributed by atoms with Crippen molar-refractivity contribution in [2.45, 2.75) is 18.9 Å². The van der Waals surface area contributed by atoms with Crippen LogP contribution in [0.2, 0.25) is 0 Å². The molecule has 0 bridgehead atoms. The monoisotopic (exact) mass is 317 g/mol. The van der Waals surface area contributed by atoms with Gasteiger partial charge in [-0.3, -0.25) is 9.67 Å². The van der Waals surface area contributed by atoms with Gasteiger partial charge in [-0.15, -0.1) is 0 Å². The molecule has 0 N–H and O–H groups in total. The van der Waals surface area contributed by atoms with Crippen molar-refractivity contribution in [3.8, 4) is 17.3 Å². The zero-order chi connectivity index (χ0) is 16.5. The number of rotatable bonds is 2. The van der Waals surface area contributed by atoms with Crippen molar-refractivity contribution in [1.29, 1.82) is 5.26 Å². The van der Waals surface area contributed by atoms with Crippen LogP contribution in [0.25, 0.3) is 22.2 Å². The molecule has 1 aliphatic rings. The van der Waals surface area contributed by atoms with Gasteiger partial charge in [-0.25, -0.2) is 0 Å². The van der Waals surface area contributed by atoms with E-state index in [1.54, 1.807) is 0 Å². The first-order valence-electron chi connectivity index (χ1n) is 8.27. The molecule has 3 heterocycles. The Morgan fingerprint density at radius 1 is 1.12 bits per heavy atom. The highest BCUT2D eigenvalue weighted by atomic mass is 15.3. The van der Waals surface area contributed by atoms with Gasteiger partial charge in [0, 0.05) is 23.3 Å². The maximum atomic E-state index is 8.98. The van der Waals surface area contributed by atoms with Crippen LogP contribution < -0.4 is 0 Å². The van der Waals surface area contributed by atoms with Crippen LogP contribution >= 0.6 is 0 Å². The van der Waals surface area contributed by atoms with Crippen LogP contribution in [-0.2, 0) is 0 Å². The zero-order valence-corrected chi connectivity index (χ0v) is 13.7. The third kappa shape index (κ3) is 2.55. The minimum absolute atomic E-state index is 0.429. The van der Waals surface area contributed by atoms with Crippen molar-refractivity contribution in [2.24, 2.45) is 0 Å². The predicted molar refractivity (Wildman–Crippen MR) is 93.4 cm³/mol. The molecule has 5 heteroatoms. The fourth-order valence-corrected chi connectivity index (χ4v) is 3.42. The summed E-state index contributed by atoms with van der Waals surface area (Å²) in [5.74, 6) is 0. The standard InChI is InChI=1S/C19H19N5/c1-23-10-7-16(8-11-23)24-18-6-9-21-13-17(18)19(22-24)15-4-2-14(12-20)3-5-15/h2-6,9,13,16H,7-8,10-11H2,1H3. The number of nitriles is 1. The molecule has 24 heavy (non-hydrogen) atoms. The van der Waals surface area contributed by atoms with Crippen molar-refractivity contribution >= 4 is 10.9 Å². The van der Waals surface area contributed by atoms with E-state index in [2.05, 4.69) is 27.7 Å². The molecule has 3 aromatic rings. The van der Waals surface area contributed by atoms with E-state index in [1.165, 1.54) is 0 Å². The van der Waals surface area contributed by atoms with Gasteiger partial charge in [0.15, 0.2) is 0 Å². The van der Waals surface area contributed by atoms with E-state index >= 15 is 0 Å². The molecule has 1 saturated heterocycles. The molecular formula is C19H19N5. The van der Waals surface area contributed by atoms with Crippen LogP contribution in [0, 0.1) is 11.3 Å². The van der Waals surface area contributed by atoms with Gasteiger partial charge in [0.2, 0.25) is 0 Å². The average Bonchev–Trinajstić information content (AvgIpc) is 3.02. The lowest BCUT2D eigenvalue weighted by molar-refractivity contribution is 0.215. The van der Waals surface area contributed by atoms with Crippen LogP contribution in [0.4, 0.5) is 0 Å². The largest absolute Gasteiger partial charge is 0.306 e. The molecule has 2 aromatic heterocycles. The van der Waals surface area contributed by atoms with E-state index in [0.29, 0.717) is 11.6 Å². The normalized spacial score (nSPS) is 16.3. The number of aromatic nitrogens is 3. The number of hydrogen-bond donors (Lipinski definition) is 0. The Balaban J connectivity index is 1.80. The molecule has 1 aromatic carbocycles. The SMILES string of the molecule is CN1CCC(n2nc(-c3ccc(C#N)cc3)c3cnccc32)CC1. The fraction of sp³-hybridized carbons (Fsp3) is 0.316. The number of fused-ring (bicyclic) bond motifs is 1. The Morgan fingerprint density at radius 3 is 2.58 bits per heavy atom. The van der Waals surface area contributed by atoms with Gasteiger partial charge in [-0.1, -0.05) is 12.1 Å². The highest BCUT2D eigenvalue weighted by molar-refractivity contribution is 5.92. The van der Waals surface area contributed by atoms with Crippen LogP contribution in [0.5, 0.6) is 0 Å². The molecule has 4 rings (SSSR count). The maximum Gasteiger partial charge on any atom is 0.102 e. The number of nitrogens with zero attached hydrogens (tertiary/aromatic N) is 5. The van der Waals surface area contributed by atoms with Crippen molar-refractivity contribution in [1.82, 2.24) is 19.7 Å². The van der Waals surface area contributed by atoms with Crippen molar-refractivity contribution in [3.05, 3.63) is 48.3 Å². The molecule has 0 saturated carbocycles. The van der Waals surface area contributed by atoms with Gasteiger partial charge in [0.05, 0.1) is 23.2 Å². The Labute approximate surface area is 141 Å². The minimum atomic E-state index is 0.429. The Morgan fingerprint density at radius 2 is 1.88 bits per heavy atom. The second-order valence-corrected chi connectivity index (χ2v) is 6.41. The predicted octanol–water partition coefficient (Wildman–Crippen LogP) is 3.24. The molecule has 0 spiro atoms. The van der Waals surface area contributed by atoms with Crippen molar-refractivity contribution < 1.29 is 0 Å². The molecule has 1 fully saturated rings. The van der Waals surface area contributed by atoms with Crippen LogP contribution in [0.1, 0.15) is 24.4 Å². The second kappa shape index (κ2) is 6.06. The summed E-state index contributed by atoms with van der Waals surface area (Å²) >= 11 is 0. The summed E-state index contributed by atoms with van der Waals surface area (Å²) in [4.78, 5) is 6.66. The Kier molecular flexibility index (Phi) is 3.75. The number of hydrogen-bond acceptors (Lipinski definition) is 4. The number of pyridine rings is 1. The van der Waals surface area contributed by atoms with Crippen LogP contribution in [0.15, 0.2) is 42.7 Å². The molecular weight excluding hydrogens is 298 g/mol. The minimum Gasteiger partial charge on any atom is -0.306 e. The van der Waals surface area contributed by atoms with E-state index in [9.17, 15) is 0 Å². The summed E-state index contributed by atoms with van der Waals surface area (Å²) in [6, 6.07) is 12.2. The van der Waals surface area contributed by atoms with E-state index in [-0.39, 0.29) is 0 Å². The molecule has 5 nitrogen and oxygen atoms in total. The maximum absolute atomic E-state index is 8.98. The fourth-order valence-electron chi connectivity index (χ4n) is 3.42. The number of benzene rings is 1. The van der Waals surface area contributed by atoms with Crippen molar-refractivity contribution in [2.75, 3.05) is 20.1 Å². The zero-order valence-electron chi connectivity index (χ0n) is 13.7. The van der Waals surface area contributed by atoms with Crippen LogP contribution in [-0.4, -0.2) is 39.8 Å². The molecule has 0 amide bonds. The van der Waals surface area contributed by atoms with Gasteiger partial charge in [0.25, 0.3) is 0 Å².